The summed E-state index contributed by atoms with van der Waals surface area (Å²) in [7, 11) is 0. The van der Waals surface area contributed by atoms with Crippen LogP contribution in [0.15, 0.2) is 47.0 Å². The summed E-state index contributed by atoms with van der Waals surface area (Å²) < 4.78 is 5.73. The number of carbonyl (C=O) groups is 1. The summed E-state index contributed by atoms with van der Waals surface area (Å²) in [6.07, 6.45) is 6.18. The first-order valence-corrected chi connectivity index (χ1v) is 11.3. The Morgan fingerprint density at radius 3 is 2.62 bits per heavy atom. The van der Waals surface area contributed by atoms with Gasteiger partial charge in [-0.1, -0.05) is 24.3 Å². The Bertz CT molecular complexity index is 1070. The van der Waals surface area contributed by atoms with E-state index in [0.29, 0.717) is 24.0 Å². The van der Waals surface area contributed by atoms with Crippen molar-refractivity contribution in [2.45, 2.75) is 45.2 Å². The van der Waals surface area contributed by atoms with Crippen LogP contribution in [0.2, 0.25) is 0 Å². The fourth-order valence-electron chi connectivity index (χ4n) is 4.59. The first-order chi connectivity index (χ1) is 15.7. The van der Waals surface area contributed by atoms with Gasteiger partial charge >= 0.3 is 0 Å². The second-order valence-corrected chi connectivity index (χ2v) is 8.55. The van der Waals surface area contributed by atoms with Crippen LogP contribution in [0.1, 0.15) is 48.2 Å². The molecule has 1 unspecified atom stereocenters. The molecule has 1 amide bonds. The van der Waals surface area contributed by atoms with E-state index in [2.05, 4.69) is 42.4 Å². The molecule has 0 bridgehead atoms. The molecule has 2 aliphatic rings. The average Bonchev–Trinajstić information content (AvgIpc) is 3.25. The number of hydrogen-bond acceptors (Lipinski definition) is 7. The summed E-state index contributed by atoms with van der Waals surface area (Å²) in [6.45, 7) is 4.76. The van der Waals surface area contributed by atoms with Gasteiger partial charge in [0.05, 0.1) is 24.5 Å². The molecule has 0 aliphatic carbocycles. The van der Waals surface area contributed by atoms with E-state index < -0.39 is 0 Å². The lowest BCUT2D eigenvalue weighted by molar-refractivity contribution is -0.118. The van der Waals surface area contributed by atoms with Gasteiger partial charge in [0.15, 0.2) is 0 Å². The number of hydrogen-bond donors (Lipinski definition) is 1. The number of fused-ring (bicyclic) bond motifs is 1. The molecule has 1 aromatic carbocycles. The smallest absolute Gasteiger partial charge is 0.238 e. The molecule has 166 valence electrons. The van der Waals surface area contributed by atoms with Gasteiger partial charge in [0.1, 0.15) is 5.82 Å². The van der Waals surface area contributed by atoms with Crippen molar-refractivity contribution in [3.63, 3.8) is 0 Å². The molecule has 8 nitrogen and oxygen atoms in total. The van der Waals surface area contributed by atoms with Crippen molar-refractivity contribution in [1.82, 2.24) is 20.1 Å². The number of piperidine rings is 1. The number of nitrogens with zero attached hydrogens (tertiary/aromatic N) is 5. The van der Waals surface area contributed by atoms with Crippen molar-refractivity contribution < 1.29 is 9.21 Å². The lowest BCUT2D eigenvalue weighted by Crippen LogP contribution is -2.39. The second-order valence-electron chi connectivity index (χ2n) is 8.55. The minimum absolute atomic E-state index is 0.0851. The molecule has 0 saturated carbocycles. The molecule has 32 heavy (non-hydrogen) atoms. The predicted octanol–water partition coefficient (Wildman–Crippen LogP) is 3.50. The van der Waals surface area contributed by atoms with Crippen LogP contribution in [0.25, 0.3) is 0 Å². The topological polar surface area (TPSA) is 87.4 Å². The third-order valence-corrected chi connectivity index (χ3v) is 6.23. The Morgan fingerprint density at radius 1 is 1.09 bits per heavy atom. The van der Waals surface area contributed by atoms with E-state index in [4.69, 9.17) is 4.42 Å². The average molecular weight is 433 g/mol. The first kappa shape index (κ1) is 20.6. The third kappa shape index (κ3) is 4.50. The maximum Gasteiger partial charge on any atom is 0.238 e. The van der Waals surface area contributed by atoms with E-state index in [9.17, 15) is 4.79 Å². The van der Waals surface area contributed by atoms with Gasteiger partial charge in [-0.05, 0) is 48.9 Å². The van der Waals surface area contributed by atoms with Crippen LogP contribution < -0.4 is 10.2 Å². The Hall–Kier alpha value is -3.26. The van der Waals surface area contributed by atoms with Gasteiger partial charge in [-0.25, -0.2) is 4.98 Å². The number of benzene rings is 1. The Labute approximate surface area is 187 Å². The Kier molecular flexibility index (Phi) is 5.85. The molecule has 3 aromatic rings. The zero-order valence-corrected chi connectivity index (χ0v) is 18.3. The van der Waals surface area contributed by atoms with Crippen molar-refractivity contribution in [3.8, 4) is 0 Å². The van der Waals surface area contributed by atoms with Gasteiger partial charge in [-0.3, -0.25) is 9.69 Å². The summed E-state index contributed by atoms with van der Waals surface area (Å²) in [5.74, 6) is 1.97. The molecule has 4 heterocycles. The normalized spacial score (nSPS) is 18.9. The van der Waals surface area contributed by atoms with E-state index in [1.165, 1.54) is 30.4 Å². The largest absolute Gasteiger partial charge is 0.424 e. The van der Waals surface area contributed by atoms with Gasteiger partial charge in [-0.2, -0.15) is 0 Å². The molecule has 2 aromatic heterocycles. The molecule has 5 rings (SSSR count). The first-order valence-electron chi connectivity index (χ1n) is 11.3. The number of aromatic nitrogens is 3. The Morgan fingerprint density at radius 2 is 1.91 bits per heavy atom. The number of anilines is 2. The van der Waals surface area contributed by atoms with Crippen LogP contribution >= 0.6 is 0 Å². The molecule has 8 heteroatoms. The van der Waals surface area contributed by atoms with Crippen molar-refractivity contribution in [3.05, 3.63) is 65.5 Å². The van der Waals surface area contributed by atoms with Gasteiger partial charge < -0.3 is 14.6 Å². The SMILES string of the molecule is Cc1nnc(C2Cc3ccccc3CN2CC(=O)Nc2ccc(N3CCCCC3)nc2)o1. The van der Waals surface area contributed by atoms with Crippen molar-refractivity contribution in [2.24, 2.45) is 0 Å². The van der Waals surface area contributed by atoms with Crippen LogP contribution in [-0.4, -0.2) is 45.6 Å². The van der Waals surface area contributed by atoms with Crippen LogP contribution in [0, 0.1) is 6.92 Å². The molecule has 1 saturated heterocycles. The molecular weight excluding hydrogens is 404 g/mol. The number of rotatable bonds is 5. The number of carbonyl (C=O) groups excluding carboxylic acids is 1. The van der Waals surface area contributed by atoms with Crippen molar-refractivity contribution in [2.75, 3.05) is 29.9 Å². The highest BCUT2D eigenvalue weighted by Gasteiger charge is 2.32. The van der Waals surface area contributed by atoms with Crippen LogP contribution in [0.5, 0.6) is 0 Å². The van der Waals surface area contributed by atoms with E-state index in [0.717, 1.165) is 25.3 Å². The highest BCUT2D eigenvalue weighted by Crippen LogP contribution is 2.32. The molecule has 1 fully saturated rings. The maximum absolute atomic E-state index is 12.9. The van der Waals surface area contributed by atoms with E-state index >= 15 is 0 Å². The highest BCUT2D eigenvalue weighted by molar-refractivity contribution is 5.92. The molecule has 1 atom stereocenters. The fraction of sp³-hybridized carbons (Fsp3) is 0.417. The number of amides is 1. The lowest BCUT2D eigenvalue weighted by Gasteiger charge is -2.34. The monoisotopic (exact) mass is 432 g/mol. The molecule has 0 radical (unpaired) electrons. The molecule has 0 spiro atoms. The van der Waals surface area contributed by atoms with Crippen LogP contribution in [-0.2, 0) is 17.8 Å². The van der Waals surface area contributed by atoms with Crippen LogP contribution in [0.3, 0.4) is 0 Å². The number of nitrogens with one attached hydrogen (secondary N) is 1. The summed E-state index contributed by atoms with van der Waals surface area (Å²) in [5.41, 5.74) is 3.18. The second kappa shape index (κ2) is 9.08. The van der Waals surface area contributed by atoms with Gasteiger partial charge in [0.2, 0.25) is 17.7 Å². The number of pyridine rings is 1. The van der Waals surface area contributed by atoms with Crippen molar-refractivity contribution in [1.29, 1.82) is 0 Å². The fourth-order valence-corrected chi connectivity index (χ4v) is 4.59. The third-order valence-electron chi connectivity index (χ3n) is 6.23. The van der Waals surface area contributed by atoms with Gasteiger partial charge in [0, 0.05) is 26.6 Å². The quantitative estimate of drug-likeness (QED) is 0.660. The van der Waals surface area contributed by atoms with E-state index in [1.54, 1.807) is 13.1 Å². The molecule has 2 aliphatic heterocycles. The minimum Gasteiger partial charge on any atom is -0.424 e. The molecule has 1 N–H and O–H groups in total. The van der Waals surface area contributed by atoms with E-state index in [1.807, 2.05) is 24.3 Å². The van der Waals surface area contributed by atoms with Crippen LogP contribution in [0.4, 0.5) is 11.5 Å². The molecular formula is C24H28N6O2. The predicted molar refractivity (Wildman–Crippen MR) is 121 cm³/mol. The maximum atomic E-state index is 12.9. The van der Waals surface area contributed by atoms with Gasteiger partial charge in [0.25, 0.3) is 0 Å². The number of aryl methyl sites for hydroxylation is 1. The van der Waals surface area contributed by atoms with Gasteiger partial charge in [-0.15, -0.1) is 10.2 Å². The summed E-state index contributed by atoms with van der Waals surface area (Å²) >= 11 is 0. The lowest BCUT2D eigenvalue weighted by atomic mass is 9.94. The van der Waals surface area contributed by atoms with E-state index in [-0.39, 0.29) is 18.5 Å². The highest BCUT2D eigenvalue weighted by atomic mass is 16.4. The minimum atomic E-state index is -0.128. The Balaban J connectivity index is 1.27. The zero-order chi connectivity index (χ0) is 21.9. The summed E-state index contributed by atoms with van der Waals surface area (Å²) in [6, 6.07) is 12.1. The standard InChI is InChI=1S/C24H28N6O2/c1-17-27-28-24(32-17)21-13-18-7-3-4-8-19(18)15-30(21)16-23(31)26-20-9-10-22(25-14-20)29-11-5-2-6-12-29/h3-4,7-10,14,21H,2,5-6,11-13,15-16H2,1H3,(H,26,31). The summed E-state index contributed by atoms with van der Waals surface area (Å²) in [5, 5.41) is 11.2. The summed E-state index contributed by atoms with van der Waals surface area (Å²) in [4.78, 5) is 21.9. The zero-order valence-electron chi connectivity index (χ0n) is 18.3. The van der Waals surface area contributed by atoms with Crippen molar-refractivity contribution >= 4 is 17.4 Å².